The highest BCUT2D eigenvalue weighted by atomic mass is 79.9. The van der Waals surface area contributed by atoms with Gasteiger partial charge in [-0.25, -0.2) is 0 Å². The SMILES string of the molecule is N#Cc1cccc(OCc2cc(N)cc(Br)c2)c1. The van der Waals surface area contributed by atoms with E-state index in [1.165, 1.54) is 0 Å². The summed E-state index contributed by atoms with van der Waals surface area (Å²) in [6.45, 7) is 0.415. The lowest BCUT2D eigenvalue weighted by Crippen LogP contribution is -1.97. The van der Waals surface area contributed by atoms with Gasteiger partial charge in [-0.2, -0.15) is 5.26 Å². The van der Waals surface area contributed by atoms with Gasteiger partial charge in [-0.05, 0) is 42.0 Å². The molecule has 4 heteroatoms. The normalized spacial score (nSPS) is 9.78. The summed E-state index contributed by atoms with van der Waals surface area (Å²) in [5, 5.41) is 8.79. The summed E-state index contributed by atoms with van der Waals surface area (Å²) >= 11 is 3.38. The Labute approximate surface area is 114 Å². The number of ether oxygens (including phenoxy) is 1. The Balaban J connectivity index is 2.09. The van der Waals surface area contributed by atoms with E-state index in [1.807, 2.05) is 24.3 Å². The summed E-state index contributed by atoms with van der Waals surface area (Å²) in [5.41, 5.74) is 7.99. The van der Waals surface area contributed by atoms with Gasteiger partial charge in [0, 0.05) is 10.2 Å². The number of benzene rings is 2. The molecule has 90 valence electrons. The lowest BCUT2D eigenvalue weighted by atomic mass is 10.2. The number of nitriles is 1. The molecular formula is C14H11BrN2O. The van der Waals surface area contributed by atoms with Gasteiger partial charge in [0.05, 0.1) is 11.6 Å². The van der Waals surface area contributed by atoms with Crippen LogP contribution < -0.4 is 10.5 Å². The van der Waals surface area contributed by atoms with Crippen molar-refractivity contribution >= 4 is 21.6 Å². The fourth-order valence-electron chi connectivity index (χ4n) is 1.58. The zero-order chi connectivity index (χ0) is 13.0. The molecule has 0 bridgehead atoms. The van der Waals surface area contributed by atoms with E-state index in [1.54, 1.807) is 18.2 Å². The average Bonchev–Trinajstić information content (AvgIpc) is 2.35. The van der Waals surface area contributed by atoms with E-state index in [9.17, 15) is 0 Å². The first-order chi connectivity index (χ1) is 8.67. The van der Waals surface area contributed by atoms with Crippen LogP contribution in [0, 0.1) is 11.3 Å². The minimum Gasteiger partial charge on any atom is -0.489 e. The molecule has 0 saturated carbocycles. The topological polar surface area (TPSA) is 59.0 Å². The molecule has 18 heavy (non-hydrogen) atoms. The molecule has 0 radical (unpaired) electrons. The zero-order valence-electron chi connectivity index (χ0n) is 9.56. The van der Waals surface area contributed by atoms with Gasteiger partial charge in [0.15, 0.2) is 0 Å². The Bertz CT molecular complexity index is 585. The van der Waals surface area contributed by atoms with Crippen molar-refractivity contribution < 1.29 is 4.74 Å². The van der Waals surface area contributed by atoms with Gasteiger partial charge < -0.3 is 10.5 Å². The highest BCUT2D eigenvalue weighted by molar-refractivity contribution is 9.10. The fourth-order valence-corrected chi connectivity index (χ4v) is 2.14. The Morgan fingerprint density at radius 1 is 1.22 bits per heavy atom. The van der Waals surface area contributed by atoms with E-state index < -0.39 is 0 Å². The highest BCUT2D eigenvalue weighted by Gasteiger charge is 2.00. The molecule has 0 heterocycles. The molecule has 2 N–H and O–H groups in total. The van der Waals surface area contributed by atoms with Crippen molar-refractivity contribution in [2.75, 3.05) is 5.73 Å². The summed E-state index contributed by atoms with van der Waals surface area (Å²) in [5.74, 6) is 0.674. The van der Waals surface area contributed by atoms with Gasteiger partial charge in [-0.1, -0.05) is 22.0 Å². The second-order valence-corrected chi connectivity index (χ2v) is 4.74. The zero-order valence-corrected chi connectivity index (χ0v) is 11.1. The van der Waals surface area contributed by atoms with Gasteiger partial charge in [0.2, 0.25) is 0 Å². The molecule has 0 unspecified atom stereocenters. The van der Waals surface area contributed by atoms with Gasteiger partial charge in [-0.3, -0.25) is 0 Å². The molecule has 0 spiro atoms. The smallest absolute Gasteiger partial charge is 0.121 e. The predicted molar refractivity (Wildman–Crippen MR) is 74.0 cm³/mol. The van der Waals surface area contributed by atoms with Crippen molar-refractivity contribution in [2.45, 2.75) is 6.61 Å². The number of nitrogens with two attached hydrogens (primary N) is 1. The van der Waals surface area contributed by atoms with Gasteiger partial charge in [-0.15, -0.1) is 0 Å². The number of nitrogen functional groups attached to an aromatic ring is 1. The molecule has 2 aromatic rings. The first kappa shape index (κ1) is 12.5. The maximum atomic E-state index is 8.79. The van der Waals surface area contributed by atoms with Crippen molar-refractivity contribution in [3.8, 4) is 11.8 Å². The number of rotatable bonds is 3. The van der Waals surface area contributed by atoms with Crippen LogP contribution in [0.1, 0.15) is 11.1 Å². The van der Waals surface area contributed by atoms with E-state index in [0.717, 1.165) is 10.0 Å². The Morgan fingerprint density at radius 2 is 2.06 bits per heavy atom. The molecule has 0 atom stereocenters. The Hall–Kier alpha value is -1.99. The van der Waals surface area contributed by atoms with Crippen molar-refractivity contribution in [3.63, 3.8) is 0 Å². The number of anilines is 1. The van der Waals surface area contributed by atoms with E-state index in [0.29, 0.717) is 23.6 Å². The molecule has 2 rings (SSSR count). The largest absolute Gasteiger partial charge is 0.489 e. The third kappa shape index (κ3) is 3.25. The van der Waals surface area contributed by atoms with E-state index in [-0.39, 0.29) is 0 Å². The molecular weight excluding hydrogens is 292 g/mol. The van der Waals surface area contributed by atoms with Crippen LogP contribution in [0.2, 0.25) is 0 Å². The lowest BCUT2D eigenvalue weighted by molar-refractivity contribution is 0.306. The quantitative estimate of drug-likeness (QED) is 0.883. The standard InChI is InChI=1S/C14H11BrN2O/c15-12-4-11(5-13(17)7-12)9-18-14-3-1-2-10(6-14)8-16/h1-7H,9,17H2. The van der Waals surface area contributed by atoms with Crippen LogP contribution in [0.4, 0.5) is 5.69 Å². The van der Waals surface area contributed by atoms with Crippen LogP contribution in [0.3, 0.4) is 0 Å². The third-order valence-electron chi connectivity index (χ3n) is 2.35. The Morgan fingerprint density at radius 3 is 2.78 bits per heavy atom. The molecule has 0 aliphatic heterocycles. The first-order valence-corrected chi connectivity index (χ1v) is 6.14. The van der Waals surface area contributed by atoms with Crippen LogP contribution in [0.5, 0.6) is 5.75 Å². The van der Waals surface area contributed by atoms with Crippen LogP contribution in [0.15, 0.2) is 46.9 Å². The molecule has 0 aromatic heterocycles. The number of hydrogen-bond donors (Lipinski definition) is 1. The minimum absolute atomic E-state index is 0.415. The lowest BCUT2D eigenvalue weighted by Gasteiger charge is -2.07. The molecule has 0 fully saturated rings. The molecule has 0 saturated heterocycles. The monoisotopic (exact) mass is 302 g/mol. The fraction of sp³-hybridized carbons (Fsp3) is 0.0714. The average molecular weight is 303 g/mol. The van der Waals surface area contributed by atoms with Crippen molar-refractivity contribution in [1.82, 2.24) is 0 Å². The minimum atomic E-state index is 0.415. The molecule has 0 amide bonds. The number of halogens is 1. The van der Waals surface area contributed by atoms with Crippen LogP contribution in [-0.4, -0.2) is 0 Å². The Kier molecular flexibility index (Phi) is 3.85. The summed E-state index contributed by atoms with van der Waals surface area (Å²) in [6.07, 6.45) is 0. The van der Waals surface area contributed by atoms with Crippen LogP contribution in [-0.2, 0) is 6.61 Å². The highest BCUT2D eigenvalue weighted by Crippen LogP contribution is 2.19. The van der Waals surface area contributed by atoms with E-state index in [4.69, 9.17) is 15.7 Å². The predicted octanol–water partition coefficient (Wildman–Crippen LogP) is 3.48. The van der Waals surface area contributed by atoms with Crippen molar-refractivity contribution in [3.05, 3.63) is 58.1 Å². The summed E-state index contributed by atoms with van der Waals surface area (Å²) in [4.78, 5) is 0. The van der Waals surface area contributed by atoms with Gasteiger partial charge in [0.1, 0.15) is 12.4 Å². The van der Waals surface area contributed by atoms with Crippen molar-refractivity contribution in [2.24, 2.45) is 0 Å². The summed E-state index contributed by atoms with van der Waals surface area (Å²) in [7, 11) is 0. The maximum absolute atomic E-state index is 8.79. The first-order valence-electron chi connectivity index (χ1n) is 5.35. The van der Waals surface area contributed by atoms with Crippen LogP contribution >= 0.6 is 15.9 Å². The molecule has 3 nitrogen and oxygen atoms in total. The van der Waals surface area contributed by atoms with Gasteiger partial charge >= 0.3 is 0 Å². The van der Waals surface area contributed by atoms with Gasteiger partial charge in [0.25, 0.3) is 0 Å². The third-order valence-corrected chi connectivity index (χ3v) is 2.81. The summed E-state index contributed by atoms with van der Waals surface area (Å²) in [6, 6.07) is 14.8. The molecule has 0 aliphatic carbocycles. The van der Waals surface area contributed by atoms with Crippen LogP contribution in [0.25, 0.3) is 0 Å². The van der Waals surface area contributed by atoms with E-state index >= 15 is 0 Å². The van der Waals surface area contributed by atoms with E-state index in [2.05, 4.69) is 22.0 Å². The maximum Gasteiger partial charge on any atom is 0.121 e. The second kappa shape index (κ2) is 5.56. The van der Waals surface area contributed by atoms with Crippen molar-refractivity contribution in [1.29, 1.82) is 5.26 Å². The number of nitrogens with zero attached hydrogens (tertiary/aromatic N) is 1. The molecule has 2 aromatic carbocycles. The summed E-state index contributed by atoms with van der Waals surface area (Å²) < 4.78 is 6.54. The number of hydrogen-bond acceptors (Lipinski definition) is 3. The molecule has 0 aliphatic rings. The second-order valence-electron chi connectivity index (χ2n) is 3.82.